The fourth-order valence-electron chi connectivity index (χ4n) is 1.90. The normalized spacial score (nSPS) is 10.8. The quantitative estimate of drug-likeness (QED) is 0.643. The number of rotatable bonds is 5. The Morgan fingerprint density at radius 3 is 2.55 bits per heavy atom. The second kappa shape index (κ2) is 6.66. The first kappa shape index (κ1) is 15.4. The van der Waals surface area contributed by atoms with Crippen molar-refractivity contribution in [3.05, 3.63) is 52.8 Å². The lowest BCUT2D eigenvalue weighted by Crippen LogP contribution is -2.24. The zero-order valence-corrected chi connectivity index (χ0v) is 12.3. The molecule has 0 aliphatic heterocycles. The van der Waals surface area contributed by atoms with E-state index in [2.05, 4.69) is 15.6 Å². The Labute approximate surface area is 127 Å². The van der Waals surface area contributed by atoms with Gasteiger partial charge in [0.05, 0.1) is 17.5 Å². The minimum atomic E-state index is -0.985. The maximum Gasteiger partial charge on any atom is 0.335 e. The standard InChI is InChI=1S/C15H16N4O3/c1-10-7-11(2)19(18-10)9-14(20)17-16-8-12-3-5-13(6-4-12)15(21)22/h3-8H,9H2,1-2H3,(H,17,20)(H,21,22). The molecule has 22 heavy (non-hydrogen) atoms. The predicted octanol–water partition coefficient (Wildman–Crippen LogP) is 1.35. The number of nitrogens with one attached hydrogen (secondary N) is 1. The summed E-state index contributed by atoms with van der Waals surface area (Å²) < 4.78 is 1.60. The average molecular weight is 300 g/mol. The van der Waals surface area contributed by atoms with Crippen molar-refractivity contribution in [2.75, 3.05) is 0 Å². The number of carbonyl (C=O) groups excluding carboxylic acids is 1. The molecule has 2 aromatic rings. The molecule has 1 amide bonds. The number of aromatic nitrogens is 2. The summed E-state index contributed by atoms with van der Waals surface area (Å²) in [6, 6.07) is 8.06. The summed E-state index contributed by atoms with van der Waals surface area (Å²) in [5.74, 6) is -1.27. The van der Waals surface area contributed by atoms with E-state index in [0.29, 0.717) is 5.56 Å². The van der Waals surface area contributed by atoms with Gasteiger partial charge in [-0.25, -0.2) is 10.2 Å². The first-order valence-electron chi connectivity index (χ1n) is 6.62. The van der Waals surface area contributed by atoms with E-state index in [1.807, 2.05) is 19.9 Å². The number of carboxylic acids is 1. The van der Waals surface area contributed by atoms with Crippen LogP contribution < -0.4 is 5.43 Å². The number of nitrogens with zero attached hydrogens (tertiary/aromatic N) is 3. The SMILES string of the molecule is Cc1cc(C)n(CC(=O)NN=Cc2ccc(C(=O)O)cc2)n1. The molecule has 0 radical (unpaired) electrons. The van der Waals surface area contributed by atoms with Crippen molar-refractivity contribution in [3.63, 3.8) is 0 Å². The van der Waals surface area contributed by atoms with Crippen LogP contribution in [0.5, 0.6) is 0 Å². The molecule has 2 rings (SSSR count). The zero-order valence-electron chi connectivity index (χ0n) is 12.3. The third-order valence-electron chi connectivity index (χ3n) is 2.96. The van der Waals surface area contributed by atoms with Crippen molar-refractivity contribution in [1.82, 2.24) is 15.2 Å². The van der Waals surface area contributed by atoms with Gasteiger partial charge in [-0.2, -0.15) is 10.2 Å². The molecule has 7 nitrogen and oxygen atoms in total. The van der Waals surface area contributed by atoms with Crippen molar-refractivity contribution < 1.29 is 14.7 Å². The van der Waals surface area contributed by atoms with Crippen LogP contribution in [-0.4, -0.2) is 33.0 Å². The highest BCUT2D eigenvalue weighted by Gasteiger charge is 2.06. The maximum absolute atomic E-state index is 11.7. The molecule has 1 heterocycles. The highest BCUT2D eigenvalue weighted by Crippen LogP contribution is 2.02. The zero-order chi connectivity index (χ0) is 16.1. The number of hydrazone groups is 1. The van der Waals surface area contributed by atoms with Crippen LogP contribution in [0.3, 0.4) is 0 Å². The molecule has 7 heteroatoms. The van der Waals surface area contributed by atoms with Gasteiger partial charge in [0.1, 0.15) is 6.54 Å². The molecule has 0 aliphatic rings. The van der Waals surface area contributed by atoms with Crippen LogP contribution in [-0.2, 0) is 11.3 Å². The summed E-state index contributed by atoms with van der Waals surface area (Å²) in [6.45, 7) is 3.83. The Kier molecular flexibility index (Phi) is 4.67. The number of aryl methyl sites for hydroxylation is 2. The molecule has 0 spiro atoms. The van der Waals surface area contributed by atoms with Gasteiger partial charge < -0.3 is 5.11 Å². The summed E-state index contributed by atoms with van der Waals surface area (Å²) in [4.78, 5) is 22.5. The Balaban J connectivity index is 1.90. The summed E-state index contributed by atoms with van der Waals surface area (Å²) in [5, 5.41) is 16.8. The molecule has 2 N–H and O–H groups in total. The highest BCUT2D eigenvalue weighted by molar-refractivity contribution is 5.89. The van der Waals surface area contributed by atoms with Crippen LogP contribution in [0.2, 0.25) is 0 Å². The van der Waals surface area contributed by atoms with Crippen LogP contribution >= 0.6 is 0 Å². The van der Waals surface area contributed by atoms with Crippen LogP contribution in [0.15, 0.2) is 35.4 Å². The van der Waals surface area contributed by atoms with Crippen LogP contribution in [0.25, 0.3) is 0 Å². The minimum Gasteiger partial charge on any atom is -0.478 e. The molecule has 1 aromatic carbocycles. The molecule has 0 aliphatic carbocycles. The summed E-state index contributed by atoms with van der Waals surface area (Å²) in [6.07, 6.45) is 1.45. The molecule has 114 valence electrons. The van der Waals surface area contributed by atoms with E-state index in [4.69, 9.17) is 5.11 Å². The van der Waals surface area contributed by atoms with E-state index >= 15 is 0 Å². The Bertz CT molecular complexity index is 717. The lowest BCUT2D eigenvalue weighted by Gasteiger charge is -2.02. The molecule has 0 unspecified atom stereocenters. The van der Waals surface area contributed by atoms with E-state index in [1.54, 1.807) is 16.8 Å². The molecule has 1 aromatic heterocycles. The van der Waals surface area contributed by atoms with Gasteiger partial charge in [-0.05, 0) is 37.6 Å². The number of carbonyl (C=O) groups is 2. The van der Waals surface area contributed by atoms with E-state index in [9.17, 15) is 9.59 Å². The monoisotopic (exact) mass is 300 g/mol. The number of amides is 1. The average Bonchev–Trinajstić information content (AvgIpc) is 2.77. The second-order valence-corrected chi connectivity index (χ2v) is 4.81. The van der Waals surface area contributed by atoms with E-state index in [0.717, 1.165) is 11.4 Å². The van der Waals surface area contributed by atoms with Crippen molar-refractivity contribution in [3.8, 4) is 0 Å². The first-order chi connectivity index (χ1) is 10.5. The minimum absolute atomic E-state index is 0.0922. The molecule has 0 bridgehead atoms. The summed E-state index contributed by atoms with van der Waals surface area (Å²) in [5.41, 5.74) is 5.06. The van der Waals surface area contributed by atoms with Crippen molar-refractivity contribution >= 4 is 18.1 Å². The van der Waals surface area contributed by atoms with Gasteiger partial charge >= 0.3 is 5.97 Å². The third kappa shape index (κ3) is 4.02. The summed E-state index contributed by atoms with van der Waals surface area (Å²) >= 11 is 0. The van der Waals surface area contributed by atoms with E-state index in [1.165, 1.54) is 18.3 Å². The molecule has 0 saturated carbocycles. The third-order valence-corrected chi connectivity index (χ3v) is 2.96. The highest BCUT2D eigenvalue weighted by atomic mass is 16.4. The van der Waals surface area contributed by atoms with Crippen LogP contribution in [0, 0.1) is 13.8 Å². The van der Waals surface area contributed by atoms with Crippen molar-refractivity contribution in [1.29, 1.82) is 0 Å². The predicted molar refractivity (Wildman–Crippen MR) is 80.8 cm³/mol. The Morgan fingerprint density at radius 1 is 1.32 bits per heavy atom. The van der Waals surface area contributed by atoms with Gasteiger partial charge in [-0.3, -0.25) is 9.48 Å². The van der Waals surface area contributed by atoms with E-state index in [-0.39, 0.29) is 18.0 Å². The lowest BCUT2D eigenvalue weighted by atomic mass is 10.1. The number of hydrogen-bond donors (Lipinski definition) is 2. The van der Waals surface area contributed by atoms with Gasteiger partial charge in [0.2, 0.25) is 0 Å². The number of aromatic carboxylic acids is 1. The fraction of sp³-hybridized carbons (Fsp3) is 0.200. The first-order valence-corrected chi connectivity index (χ1v) is 6.62. The Hall–Kier alpha value is -2.96. The fourth-order valence-corrected chi connectivity index (χ4v) is 1.90. The van der Waals surface area contributed by atoms with E-state index < -0.39 is 5.97 Å². The molecular weight excluding hydrogens is 284 g/mol. The number of benzene rings is 1. The van der Waals surface area contributed by atoms with Gasteiger partial charge in [0, 0.05) is 5.69 Å². The van der Waals surface area contributed by atoms with Crippen molar-refractivity contribution in [2.45, 2.75) is 20.4 Å². The number of hydrogen-bond acceptors (Lipinski definition) is 4. The van der Waals surface area contributed by atoms with Gasteiger partial charge in [-0.15, -0.1) is 0 Å². The molecular formula is C15H16N4O3. The topological polar surface area (TPSA) is 96.6 Å². The van der Waals surface area contributed by atoms with Gasteiger partial charge in [0.15, 0.2) is 0 Å². The van der Waals surface area contributed by atoms with Crippen LogP contribution in [0.1, 0.15) is 27.3 Å². The largest absolute Gasteiger partial charge is 0.478 e. The smallest absolute Gasteiger partial charge is 0.335 e. The molecule has 0 saturated heterocycles. The number of carboxylic acid groups (broad SMARTS) is 1. The maximum atomic E-state index is 11.7. The Morgan fingerprint density at radius 2 is 2.00 bits per heavy atom. The lowest BCUT2D eigenvalue weighted by molar-refractivity contribution is -0.121. The van der Waals surface area contributed by atoms with Crippen LogP contribution in [0.4, 0.5) is 0 Å². The van der Waals surface area contributed by atoms with Gasteiger partial charge in [0.25, 0.3) is 5.91 Å². The molecule has 0 atom stereocenters. The second-order valence-electron chi connectivity index (χ2n) is 4.81. The summed E-state index contributed by atoms with van der Waals surface area (Å²) in [7, 11) is 0. The molecule has 0 fully saturated rings. The van der Waals surface area contributed by atoms with Gasteiger partial charge in [-0.1, -0.05) is 12.1 Å². The van der Waals surface area contributed by atoms with Crippen molar-refractivity contribution in [2.24, 2.45) is 5.10 Å².